The van der Waals surface area contributed by atoms with Gasteiger partial charge in [0.2, 0.25) is 0 Å². The van der Waals surface area contributed by atoms with E-state index in [1.165, 1.54) is 0 Å². The van der Waals surface area contributed by atoms with Gasteiger partial charge in [-0.15, -0.1) is 0 Å². The van der Waals surface area contributed by atoms with E-state index in [4.69, 9.17) is 5.73 Å². The summed E-state index contributed by atoms with van der Waals surface area (Å²) in [4.78, 5) is 22.6. The minimum atomic E-state index is -0.0768. The number of amides is 1. The normalized spacial score (nSPS) is 10.4. The van der Waals surface area contributed by atoms with Crippen molar-refractivity contribution in [2.45, 2.75) is 26.3 Å². The second kappa shape index (κ2) is 6.83. The topological polar surface area (TPSA) is 72.1 Å². The van der Waals surface area contributed by atoms with E-state index in [0.29, 0.717) is 17.9 Å². The zero-order valence-corrected chi connectivity index (χ0v) is 12.4. The molecule has 0 unspecified atom stereocenters. The lowest BCUT2D eigenvalue weighted by atomic mass is 10.1. The number of anilines is 1. The lowest BCUT2D eigenvalue weighted by Gasteiger charge is -2.17. The van der Waals surface area contributed by atoms with Crippen LogP contribution in [0.4, 0.5) is 5.82 Å². The molecular weight excluding hydrogens is 264 g/mol. The Labute approximate surface area is 124 Å². The van der Waals surface area contributed by atoms with E-state index >= 15 is 0 Å². The predicted octanol–water partition coefficient (Wildman–Crippen LogP) is 2.28. The summed E-state index contributed by atoms with van der Waals surface area (Å²) in [5, 5.41) is 0. The van der Waals surface area contributed by atoms with Crippen molar-refractivity contribution in [3.63, 3.8) is 0 Å². The van der Waals surface area contributed by atoms with E-state index < -0.39 is 0 Å². The van der Waals surface area contributed by atoms with E-state index in [1.807, 2.05) is 24.3 Å². The molecule has 0 aliphatic rings. The van der Waals surface area contributed by atoms with Crippen LogP contribution in [0.5, 0.6) is 0 Å². The second-order valence-electron chi connectivity index (χ2n) is 5.00. The highest BCUT2D eigenvalue weighted by Crippen LogP contribution is 2.13. The molecule has 21 heavy (non-hydrogen) atoms. The summed E-state index contributed by atoms with van der Waals surface area (Å²) in [6, 6.07) is 9.09. The number of aryl methyl sites for hydroxylation is 1. The summed E-state index contributed by atoms with van der Waals surface area (Å²) in [6.45, 7) is 2.53. The van der Waals surface area contributed by atoms with E-state index in [9.17, 15) is 4.79 Å². The molecule has 2 aromatic heterocycles. The number of nitrogens with zero attached hydrogens (tertiary/aromatic N) is 3. The Morgan fingerprint density at radius 1 is 1.29 bits per heavy atom. The van der Waals surface area contributed by atoms with Gasteiger partial charge in [0.05, 0.1) is 12.2 Å². The fourth-order valence-electron chi connectivity index (χ4n) is 2.15. The Hall–Kier alpha value is -2.43. The maximum Gasteiger partial charge on any atom is 0.254 e. The van der Waals surface area contributed by atoms with Crippen molar-refractivity contribution >= 4 is 11.7 Å². The third-order valence-electron chi connectivity index (χ3n) is 3.12. The van der Waals surface area contributed by atoms with Gasteiger partial charge in [-0.3, -0.25) is 9.78 Å². The molecule has 5 heteroatoms. The predicted molar refractivity (Wildman–Crippen MR) is 82.7 cm³/mol. The number of carbonyl (C=O) groups excluding carboxylic acids is 1. The fourth-order valence-corrected chi connectivity index (χ4v) is 2.15. The van der Waals surface area contributed by atoms with E-state index in [0.717, 1.165) is 24.2 Å². The Morgan fingerprint density at radius 3 is 2.76 bits per heavy atom. The number of nitrogens with two attached hydrogens (primary N) is 1. The van der Waals surface area contributed by atoms with Crippen LogP contribution in [0.1, 0.15) is 35.1 Å². The molecule has 0 aromatic carbocycles. The van der Waals surface area contributed by atoms with Crippen LogP contribution in [-0.2, 0) is 13.0 Å². The summed E-state index contributed by atoms with van der Waals surface area (Å²) in [5.41, 5.74) is 8.06. The van der Waals surface area contributed by atoms with Crippen molar-refractivity contribution < 1.29 is 4.79 Å². The number of aromatic nitrogens is 2. The first-order chi connectivity index (χ1) is 10.1. The zero-order valence-electron chi connectivity index (χ0n) is 12.4. The average Bonchev–Trinajstić information content (AvgIpc) is 2.47. The lowest BCUT2D eigenvalue weighted by Crippen LogP contribution is -2.27. The van der Waals surface area contributed by atoms with Crippen molar-refractivity contribution in [3.05, 3.63) is 53.5 Å². The summed E-state index contributed by atoms with van der Waals surface area (Å²) in [7, 11) is 1.76. The quantitative estimate of drug-likeness (QED) is 0.914. The SMILES string of the molecule is CCCc1cc(C(=O)N(C)Cc2ccccn2)cc(N)n1. The smallest absolute Gasteiger partial charge is 0.254 e. The first kappa shape index (κ1) is 15.0. The summed E-state index contributed by atoms with van der Waals surface area (Å²) < 4.78 is 0. The van der Waals surface area contributed by atoms with Gasteiger partial charge in [-0.25, -0.2) is 4.98 Å². The van der Waals surface area contributed by atoms with Gasteiger partial charge in [0, 0.05) is 24.5 Å². The lowest BCUT2D eigenvalue weighted by molar-refractivity contribution is 0.0783. The van der Waals surface area contributed by atoms with Crippen molar-refractivity contribution in [2.24, 2.45) is 0 Å². The first-order valence-corrected chi connectivity index (χ1v) is 7.02. The van der Waals surface area contributed by atoms with Gasteiger partial charge < -0.3 is 10.6 Å². The number of pyridine rings is 2. The molecule has 5 nitrogen and oxygen atoms in total. The van der Waals surface area contributed by atoms with Gasteiger partial charge in [0.15, 0.2) is 0 Å². The molecule has 0 spiro atoms. The maximum absolute atomic E-state index is 12.5. The molecule has 0 saturated carbocycles. The molecule has 0 aliphatic carbocycles. The standard InChI is InChI=1S/C16H20N4O/c1-3-6-13-9-12(10-15(17)19-13)16(21)20(2)11-14-7-4-5-8-18-14/h4-5,7-10H,3,6,11H2,1-2H3,(H2,17,19). The van der Waals surface area contributed by atoms with Gasteiger partial charge in [-0.05, 0) is 30.7 Å². The molecule has 0 saturated heterocycles. The van der Waals surface area contributed by atoms with Crippen LogP contribution in [0.15, 0.2) is 36.5 Å². The minimum absolute atomic E-state index is 0.0768. The summed E-state index contributed by atoms with van der Waals surface area (Å²) in [6.07, 6.45) is 3.50. The Morgan fingerprint density at radius 2 is 2.10 bits per heavy atom. The van der Waals surface area contributed by atoms with Crippen LogP contribution in [-0.4, -0.2) is 27.8 Å². The van der Waals surface area contributed by atoms with E-state index in [2.05, 4.69) is 16.9 Å². The largest absolute Gasteiger partial charge is 0.384 e. The van der Waals surface area contributed by atoms with Crippen LogP contribution in [0.2, 0.25) is 0 Å². The molecule has 2 heterocycles. The molecule has 0 fully saturated rings. The zero-order chi connectivity index (χ0) is 15.2. The number of carbonyl (C=O) groups is 1. The number of hydrogen-bond donors (Lipinski definition) is 1. The van der Waals surface area contributed by atoms with Crippen LogP contribution in [0, 0.1) is 0 Å². The molecule has 0 bridgehead atoms. The molecule has 0 aliphatic heterocycles. The Balaban J connectivity index is 2.15. The van der Waals surface area contributed by atoms with Crippen molar-refractivity contribution in [1.82, 2.24) is 14.9 Å². The first-order valence-electron chi connectivity index (χ1n) is 7.02. The van der Waals surface area contributed by atoms with Gasteiger partial charge in [-0.1, -0.05) is 19.4 Å². The second-order valence-corrected chi connectivity index (χ2v) is 5.00. The summed E-state index contributed by atoms with van der Waals surface area (Å²) in [5.74, 6) is 0.308. The molecule has 110 valence electrons. The molecule has 2 rings (SSSR count). The van der Waals surface area contributed by atoms with Crippen molar-refractivity contribution in [3.8, 4) is 0 Å². The fraction of sp³-hybridized carbons (Fsp3) is 0.312. The highest BCUT2D eigenvalue weighted by molar-refractivity contribution is 5.94. The molecule has 2 N–H and O–H groups in total. The van der Waals surface area contributed by atoms with Crippen LogP contribution in [0.3, 0.4) is 0 Å². The van der Waals surface area contributed by atoms with Gasteiger partial charge >= 0.3 is 0 Å². The minimum Gasteiger partial charge on any atom is -0.384 e. The van der Waals surface area contributed by atoms with Crippen molar-refractivity contribution in [1.29, 1.82) is 0 Å². The molecule has 0 radical (unpaired) electrons. The molecule has 1 amide bonds. The van der Waals surface area contributed by atoms with Gasteiger partial charge in [0.25, 0.3) is 5.91 Å². The van der Waals surface area contributed by atoms with Crippen LogP contribution >= 0.6 is 0 Å². The third-order valence-corrected chi connectivity index (χ3v) is 3.12. The van der Waals surface area contributed by atoms with Gasteiger partial charge in [0.1, 0.15) is 5.82 Å². The highest BCUT2D eigenvalue weighted by Gasteiger charge is 2.14. The number of rotatable bonds is 5. The monoisotopic (exact) mass is 284 g/mol. The van der Waals surface area contributed by atoms with E-state index in [-0.39, 0.29) is 5.91 Å². The highest BCUT2D eigenvalue weighted by atomic mass is 16.2. The maximum atomic E-state index is 12.5. The Kier molecular flexibility index (Phi) is 4.87. The van der Waals surface area contributed by atoms with Crippen molar-refractivity contribution in [2.75, 3.05) is 12.8 Å². The summed E-state index contributed by atoms with van der Waals surface area (Å²) >= 11 is 0. The molecule has 2 aromatic rings. The molecule has 0 atom stereocenters. The number of hydrogen-bond acceptors (Lipinski definition) is 4. The van der Waals surface area contributed by atoms with Crippen LogP contribution in [0.25, 0.3) is 0 Å². The van der Waals surface area contributed by atoms with Gasteiger partial charge in [-0.2, -0.15) is 0 Å². The van der Waals surface area contributed by atoms with E-state index in [1.54, 1.807) is 24.2 Å². The Bertz CT molecular complexity index is 613. The third kappa shape index (κ3) is 4.02. The molecular formula is C16H20N4O. The average molecular weight is 284 g/mol. The number of nitrogen functional groups attached to an aromatic ring is 1. The van der Waals surface area contributed by atoms with Crippen LogP contribution < -0.4 is 5.73 Å².